The number of benzene rings is 1. The molecule has 1 aliphatic heterocycles. The number of amides is 1. The predicted molar refractivity (Wildman–Crippen MR) is 141 cm³/mol. The number of hydrogen-bond acceptors (Lipinski definition) is 7. The van der Waals surface area contributed by atoms with E-state index in [2.05, 4.69) is 5.32 Å². The summed E-state index contributed by atoms with van der Waals surface area (Å²) in [4.78, 5) is 27.9. The highest BCUT2D eigenvalue weighted by Gasteiger charge is 2.32. The van der Waals surface area contributed by atoms with E-state index in [0.717, 1.165) is 11.1 Å². The number of carbonyl (C=O) groups excluding carboxylic acids is 1. The first-order chi connectivity index (χ1) is 16.3. The largest absolute Gasteiger partial charge is 0.382 e. The molecule has 1 aliphatic rings. The van der Waals surface area contributed by atoms with Gasteiger partial charge in [0, 0.05) is 38.9 Å². The molecule has 0 unspecified atom stereocenters. The molecule has 7 nitrogen and oxygen atoms in total. The van der Waals surface area contributed by atoms with E-state index in [1.165, 1.54) is 16.3 Å². The van der Waals surface area contributed by atoms with Crippen molar-refractivity contribution in [3.63, 3.8) is 0 Å². The molecule has 0 saturated carbocycles. The topological polar surface area (TPSA) is 87.4 Å². The van der Waals surface area contributed by atoms with Crippen molar-refractivity contribution in [3.8, 4) is 6.07 Å². The van der Waals surface area contributed by atoms with Gasteiger partial charge in [0.1, 0.15) is 21.8 Å². The Labute approximate surface area is 209 Å². The summed E-state index contributed by atoms with van der Waals surface area (Å²) in [5, 5.41) is 12.9. The lowest BCUT2D eigenvalue weighted by Crippen LogP contribution is -2.29. The molecule has 3 rings (SSSR count). The fourth-order valence-electron chi connectivity index (χ4n) is 3.63. The van der Waals surface area contributed by atoms with Crippen LogP contribution in [-0.2, 0) is 23.1 Å². The number of thiocarbonyl (C=S) groups is 1. The third kappa shape index (κ3) is 5.58. The average molecular weight is 497 g/mol. The second-order valence-electron chi connectivity index (χ2n) is 7.96. The smallest absolute Gasteiger partial charge is 0.270 e. The highest BCUT2D eigenvalue weighted by atomic mass is 32.2. The molecular weight excluding hydrogens is 468 g/mol. The first kappa shape index (κ1) is 25.7. The molecule has 0 spiro atoms. The standard InChI is InChI=1S/C25H28N4O3S2/c1-5-32-12-6-11-29-24(31)21(34-25(29)33)13-19-17(3)20(14-26)23(30)28(4)22(19)27-15-18-9-7-16(2)8-10-18/h7-10,13,27H,5-6,11-12,15H2,1-4H3/b21-13-. The van der Waals surface area contributed by atoms with Crippen molar-refractivity contribution >= 4 is 46.1 Å². The van der Waals surface area contributed by atoms with Crippen LogP contribution in [0.1, 0.15) is 41.2 Å². The van der Waals surface area contributed by atoms with Crippen LogP contribution in [0.15, 0.2) is 34.0 Å². The van der Waals surface area contributed by atoms with Crippen LogP contribution in [0.2, 0.25) is 0 Å². The van der Waals surface area contributed by atoms with Gasteiger partial charge in [-0.05, 0) is 44.4 Å². The molecule has 0 atom stereocenters. The van der Waals surface area contributed by atoms with Gasteiger partial charge in [-0.15, -0.1) is 0 Å². The van der Waals surface area contributed by atoms with Crippen LogP contribution in [0.5, 0.6) is 0 Å². The molecular formula is C25H28N4O3S2. The van der Waals surface area contributed by atoms with Crippen LogP contribution >= 0.6 is 24.0 Å². The molecule has 2 heterocycles. The lowest BCUT2D eigenvalue weighted by Gasteiger charge is -2.18. The number of ether oxygens (including phenoxy) is 1. The number of nitriles is 1. The zero-order valence-corrected chi connectivity index (χ0v) is 21.4. The lowest BCUT2D eigenvalue weighted by molar-refractivity contribution is -0.122. The Morgan fingerprint density at radius 3 is 2.59 bits per heavy atom. The van der Waals surface area contributed by atoms with Crippen LogP contribution in [0.4, 0.5) is 5.82 Å². The maximum Gasteiger partial charge on any atom is 0.270 e. The van der Waals surface area contributed by atoms with Crippen molar-refractivity contribution in [2.45, 2.75) is 33.7 Å². The number of hydrogen-bond donors (Lipinski definition) is 1. The number of carbonyl (C=O) groups is 1. The molecule has 1 N–H and O–H groups in total. The summed E-state index contributed by atoms with van der Waals surface area (Å²) in [5.41, 5.74) is 3.04. The van der Waals surface area contributed by atoms with E-state index in [1.54, 1.807) is 24.9 Å². The van der Waals surface area contributed by atoms with Gasteiger partial charge in [0.25, 0.3) is 11.5 Å². The van der Waals surface area contributed by atoms with Gasteiger partial charge in [-0.3, -0.25) is 19.1 Å². The molecule has 1 fully saturated rings. The number of thioether (sulfide) groups is 1. The van der Waals surface area contributed by atoms with Crippen molar-refractivity contribution in [1.82, 2.24) is 9.47 Å². The number of nitrogens with zero attached hydrogens (tertiary/aromatic N) is 3. The van der Waals surface area contributed by atoms with Crippen molar-refractivity contribution < 1.29 is 9.53 Å². The van der Waals surface area contributed by atoms with E-state index in [-0.39, 0.29) is 17.0 Å². The summed E-state index contributed by atoms with van der Waals surface area (Å²) in [6.07, 6.45) is 2.42. The molecule has 1 saturated heterocycles. The molecule has 178 valence electrons. The van der Waals surface area contributed by atoms with E-state index < -0.39 is 0 Å². The molecule has 2 aromatic rings. The summed E-state index contributed by atoms with van der Waals surface area (Å²) in [5.74, 6) is 0.367. The summed E-state index contributed by atoms with van der Waals surface area (Å²) >= 11 is 6.67. The Hall–Kier alpha value is -2.93. The lowest BCUT2D eigenvalue weighted by atomic mass is 10.0. The third-order valence-corrected chi connectivity index (χ3v) is 6.98. The highest BCUT2D eigenvalue weighted by molar-refractivity contribution is 8.26. The molecule has 0 radical (unpaired) electrons. The van der Waals surface area contributed by atoms with E-state index in [0.29, 0.717) is 58.9 Å². The maximum atomic E-state index is 13.1. The number of nitrogens with one attached hydrogen (secondary N) is 1. The van der Waals surface area contributed by atoms with E-state index >= 15 is 0 Å². The summed E-state index contributed by atoms with van der Waals surface area (Å²) < 4.78 is 7.28. The molecule has 0 aliphatic carbocycles. The van der Waals surface area contributed by atoms with Crippen LogP contribution in [0.25, 0.3) is 6.08 Å². The van der Waals surface area contributed by atoms with Crippen LogP contribution in [-0.4, -0.2) is 39.5 Å². The minimum absolute atomic E-state index is 0.0572. The van der Waals surface area contributed by atoms with Gasteiger partial charge in [0.05, 0.1) is 4.91 Å². The second kappa shape index (κ2) is 11.5. The highest BCUT2D eigenvalue weighted by Crippen LogP contribution is 2.35. The van der Waals surface area contributed by atoms with Crippen LogP contribution < -0.4 is 10.9 Å². The van der Waals surface area contributed by atoms with E-state index in [9.17, 15) is 14.9 Å². The third-order valence-electron chi connectivity index (χ3n) is 5.60. The number of aryl methyl sites for hydroxylation is 1. The zero-order chi connectivity index (χ0) is 24.8. The molecule has 1 aromatic carbocycles. The Bertz CT molecular complexity index is 1230. The summed E-state index contributed by atoms with van der Waals surface area (Å²) in [7, 11) is 1.62. The Kier molecular flexibility index (Phi) is 8.67. The fourth-order valence-corrected chi connectivity index (χ4v) is 4.92. The average Bonchev–Trinajstić information content (AvgIpc) is 3.08. The zero-order valence-electron chi connectivity index (χ0n) is 19.8. The molecule has 1 aromatic heterocycles. The molecule has 1 amide bonds. The first-order valence-electron chi connectivity index (χ1n) is 11.0. The second-order valence-corrected chi connectivity index (χ2v) is 9.64. The SMILES string of the molecule is CCOCCCN1C(=O)/C(=C/c2c(C)c(C#N)c(=O)n(C)c2NCc2ccc(C)cc2)SC1=S. The van der Waals surface area contributed by atoms with Gasteiger partial charge in [-0.1, -0.05) is 53.8 Å². The Morgan fingerprint density at radius 2 is 1.94 bits per heavy atom. The molecule has 0 bridgehead atoms. The minimum atomic E-state index is -0.382. The van der Waals surface area contributed by atoms with Crippen LogP contribution in [0, 0.1) is 25.2 Å². The Morgan fingerprint density at radius 1 is 1.24 bits per heavy atom. The predicted octanol–water partition coefficient (Wildman–Crippen LogP) is 4.11. The van der Waals surface area contributed by atoms with Crippen molar-refractivity contribution in [3.05, 3.63) is 67.3 Å². The van der Waals surface area contributed by atoms with E-state index in [4.69, 9.17) is 17.0 Å². The number of pyridine rings is 1. The van der Waals surface area contributed by atoms with Gasteiger partial charge >= 0.3 is 0 Å². The summed E-state index contributed by atoms with van der Waals surface area (Å²) in [6, 6.07) is 10.1. The molecule has 9 heteroatoms. The monoisotopic (exact) mass is 496 g/mol. The van der Waals surface area contributed by atoms with Crippen molar-refractivity contribution in [2.75, 3.05) is 25.1 Å². The quantitative estimate of drug-likeness (QED) is 0.317. The van der Waals surface area contributed by atoms with Crippen molar-refractivity contribution in [2.24, 2.45) is 7.05 Å². The van der Waals surface area contributed by atoms with Gasteiger partial charge < -0.3 is 10.1 Å². The Balaban J connectivity index is 1.97. The minimum Gasteiger partial charge on any atom is -0.382 e. The van der Waals surface area contributed by atoms with Gasteiger partial charge in [0.2, 0.25) is 0 Å². The molecule has 34 heavy (non-hydrogen) atoms. The number of aromatic nitrogens is 1. The maximum absolute atomic E-state index is 13.1. The van der Waals surface area contributed by atoms with Crippen LogP contribution in [0.3, 0.4) is 0 Å². The number of anilines is 1. The number of rotatable bonds is 9. The van der Waals surface area contributed by atoms with Gasteiger partial charge in [-0.2, -0.15) is 5.26 Å². The van der Waals surface area contributed by atoms with Crippen molar-refractivity contribution in [1.29, 1.82) is 5.26 Å². The first-order valence-corrected chi connectivity index (χ1v) is 12.3. The van der Waals surface area contributed by atoms with Gasteiger partial charge in [-0.25, -0.2) is 0 Å². The van der Waals surface area contributed by atoms with Gasteiger partial charge in [0.15, 0.2) is 0 Å². The van der Waals surface area contributed by atoms with E-state index in [1.807, 2.05) is 44.2 Å². The summed E-state index contributed by atoms with van der Waals surface area (Å²) in [6.45, 7) is 7.84. The normalized spacial score (nSPS) is 14.7. The fraction of sp³-hybridized carbons (Fsp3) is 0.360.